The standard InChI is InChI=1S/C14H13ClFN3O/c1-7-2-3-12(9(15)4-7)19-13-5-8(14(18)20)11(17)6-10(13)16/h2-6,19H,17H2,1H3,(H2,18,20). The van der Waals surface area contributed by atoms with Crippen molar-refractivity contribution < 1.29 is 9.18 Å². The minimum atomic E-state index is -0.722. The third kappa shape index (κ3) is 2.83. The summed E-state index contributed by atoms with van der Waals surface area (Å²) in [6.07, 6.45) is 0. The van der Waals surface area contributed by atoms with Gasteiger partial charge in [0.05, 0.1) is 22.0 Å². The highest BCUT2D eigenvalue weighted by Crippen LogP contribution is 2.29. The number of anilines is 3. The van der Waals surface area contributed by atoms with Gasteiger partial charge in [0.15, 0.2) is 0 Å². The van der Waals surface area contributed by atoms with Crippen molar-refractivity contribution in [2.75, 3.05) is 11.1 Å². The first-order valence-corrected chi connectivity index (χ1v) is 6.18. The molecule has 0 unspecified atom stereocenters. The summed E-state index contributed by atoms with van der Waals surface area (Å²) in [5.41, 5.74) is 12.4. The molecule has 104 valence electrons. The van der Waals surface area contributed by atoms with Crippen LogP contribution < -0.4 is 16.8 Å². The number of hydrogen-bond acceptors (Lipinski definition) is 3. The van der Waals surface area contributed by atoms with E-state index < -0.39 is 11.7 Å². The molecule has 2 aromatic rings. The second-order valence-corrected chi connectivity index (χ2v) is 4.80. The minimum absolute atomic E-state index is 0.00412. The largest absolute Gasteiger partial charge is 0.398 e. The molecule has 2 rings (SSSR count). The molecule has 0 aliphatic rings. The van der Waals surface area contributed by atoms with Crippen molar-refractivity contribution in [3.63, 3.8) is 0 Å². The van der Waals surface area contributed by atoms with Crippen LogP contribution in [0.4, 0.5) is 21.5 Å². The maximum absolute atomic E-state index is 13.9. The molecule has 0 saturated heterocycles. The lowest BCUT2D eigenvalue weighted by atomic mass is 10.1. The van der Waals surface area contributed by atoms with Gasteiger partial charge in [0.1, 0.15) is 5.82 Å². The summed E-state index contributed by atoms with van der Waals surface area (Å²) < 4.78 is 13.9. The van der Waals surface area contributed by atoms with Crippen molar-refractivity contribution in [1.29, 1.82) is 0 Å². The highest BCUT2D eigenvalue weighted by molar-refractivity contribution is 6.33. The number of carbonyl (C=O) groups excluding carboxylic acids is 1. The Morgan fingerprint density at radius 3 is 2.55 bits per heavy atom. The Morgan fingerprint density at radius 1 is 1.25 bits per heavy atom. The van der Waals surface area contributed by atoms with E-state index in [0.717, 1.165) is 11.6 Å². The second-order valence-electron chi connectivity index (χ2n) is 4.39. The first-order chi connectivity index (χ1) is 9.38. The predicted octanol–water partition coefficient (Wildman–Crippen LogP) is 3.21. The van der Waals surface area contributed by atoms with E-state index in [1.165, 1.54) is 6.07 Å². The number of carbonyl (C=O) groups is 1. The zero-order chi connectivity index (χ0) is 14.9. The average molecular weight is 294 g/mol. The van der Waals surface area contributed by atoms with E-state index in [9.17, 15) is 9.18 Å². The summed E-state index contributed by atoms with van der Waals surface area (Å²) in [5, 5.41) is 3.27. The average Bonchev–Trinajstić information content (AvgIpc) is 2.35. The summed E-state index contributed by atoms with van der Waals surface area (Å²) in [6, 6.07) is 7.61. The summed E-state index contributed by atoms with van der Waals surface area (Å²) in [5.74, 6) is -1.32. The molecule has 1 amide bonds. The van der Waals surface area contributed by atoms with Crippen LogP contribution in [0.15, 0.2) is 30.3 Å². The molecule has 0 bridgehead atoms. The van der Waals surface area contributed by atoms with Crippen molar-refractivity contribution in [3.8, 4) is 0 Å². The number of primary amides is 1. The number of nitrogen functional groups attached to an aromatic ring is 1. The Kier molecular flexibility index (Phi) is 3.81. The maximum atomic E-state index is 13.9. The monoisotopic (exact) mass is 293 g/mol. The van der Waals surface area contributed by atoms with E-state index in [1.807, 2.05) is 13.0 Å². The van der Waals surface area contributed by atoms with Crippen LogP contribution in [0.2, 0.25) is 5.02 Å². The van der Waals surface area contributed by atoms with Gasteiger partial charge in [-0.2, -0.15) is 0 Å². The van der Waals surface area contributed by atoms with Crippen LogP contribution in [0.25, 0.3) is 0 Å². The molecule has 0 fully saturated rings. The highest BCUT2D eigenvalue weighted by atomic mass is 35.5. The van der Waals surface area contributed by atoms with Crippen LogP contribution in [0, 0.1) is 12.7 Å². The van der Waals surface area contributed by atoms with Gasteiger partial charge >= 0.3 is 0 Å². The number of hydrogen-bond donors (Lipinski definition) is 3. The molecule has 0 aliphatic carbocycles. The normalized spacial score (nSPS) is 10.3. The van der Waals surface area contributed by atoms with Crippen molar-refractivity contribution in [2.24, 2.45) is 5.73 Å². The molecule has 5 N–H and O–H groups in total. The van der Waals surface area contributed by atoms with Crippen LogP contribution in [-0.4, -0.2) is 5.91 Å². The molecule has 2 aromatic carbocycles. The number of nitrogens with one attached hydrogen (secondary N) is 1. The molecule has 0 spiro atoms. The lowest BCUT2D eigenvalue weighted by molar-refractivity contribution is 0.100. The van der Waals surface area contributed by atoms with Crippen LogP contribution in [0.3, 0.4) is 0 Å². The molecular weight excluding hydrogens is 281 g/mol. The fourth-order valence-electron chi connectivity index (χ4n) is 1.76. The number of nitrogens with two attached hydrogens (primary N) is 2. The van der Waals surface area contributed by atoms with Gasteiger partial charge in [-0.25, -0.2) is 4.39 Å². The number of rotatable bonds is 3. The van der Waals surface area contributed by atoms with E-state index in [0.29, 0.717) is 10.7 Å². The quantitative estimate of drug-likeness (QED) is 0.760. The molecule has 6 heteroatoms. The second kappa shape index (κ2) is 5.38. The lowest BCUT2D eigenvalue weighted by Gasteiger charge is -2.12. The summed E-state index contributed by atoms with van der Waals surface area (Å²) in [7, 11) is 0. The third-order valence-corrected chi connectivity index (χ3v) is 3.11. The molecule has 0 aromatic heterocycles. The number of benzene rings is 2. The zero-order valence-electron chi connectivity index (χ0n) is 10.7. The molecule has 20 heavy (non-hydrogen) atoms. The fourth-order valence-corrected chi connectivity index (χ4v) is 2.05. The Hall–Kier alpha value is -2.27. The van der Waals surface area contributed by atoms with Gasteiger partial charge in [0.2, 0.25) is 0 Å². The Labute approximate surface area is 120 Å². The molecule has 4 nitrogen and oxygen atoms in total. The summed E-state index contributed by atoms with van der Waals surface area (Å²) in [4.78, 5) is 11.2. The van der Waals surface area contributed by atoms with E-state index in [4.69, 9.17) is 23.1 Å². The molecule has 0 aliphatic heterocycles. The maximum Gasteiger partial charge on any atom is 0.250 e. The van der Waals surface area contributed by atoms with E-state index in [1.54, 1.807) is 12.1 Å². The first-order valence-electron chi connectivity index (χ1n) is 5.80. The van der Waals surface area contributed by atoms with Crippen molar-refractivity contribution >= 4 is 34.6 Å². The Bertz CT molecular complexity index is 688. The van der Waals surface area contributed by atoms with Gasteiger partial charge in [-0.15, -0.1) is 0 Å². The smallest absolute Gasteiger partial charge is 0.250 e. The molecule has 0 radical (unpaired) electrons. The third-order valence-electron chi connectivity index (χ3n) is 2.80. The lowest BCUT2D eigenvalue weighted by Crippen LogP contribution is -2.14. The molecule has 0 heterocycles. The van der Waals surface area contributed by atoms with E-state index in [2.05, 4.69) is 5.32 Å². The van der Waals surface area contributed by atoms with Crippen LogP contribution in [-0.2, 0) is 0 Å². The number of halogens is 2. The van der Waals surface area contributed by atoms with Gasteiger partial charge in [-0.1, -0.05) is 17.7 Å². The SMILES string of the molecule is Cc1ccc(Nc2cc(C(N)=O)c(N)cc2F)c(Cl)c1. The van der Waals surface area contributed by atoms with Crippen molar-refractivity contribution in [2.45, 2.75) is 6.92 Å². The van der Waals surface area contributed by atoms with E-state index in [-0.39, 0.29) is 16.9 Å². The predicted molar refractivity (Wildman–Crippen MR) is 78.8 cm³/mol. The van der Waals surface area contributed by atoms with Gasteiger partial charge < -0.3 is 16.8 Å². The molecule has 0 atom stereocenters. The van der Waals surface area contributed by atoms with Gasteiger partial charge in [-0.05, 0) is 36.8 Å². The Balaban J connectivity index is 2.43. The van der Waals surface area contributed by atoms with Crippen molar-refractivity contribution in [3.05, 3.63) is 52.3 Å². The summed E-state index contributed by atoms with van der Waals surface area (Å²) >= 11 is 6.06. The Morgan fingerprint density at radius 2 is 1.95 bits per heavy atom. The van der Waals surface area contributed by atoms with Crippen molar-refractivity contribution in [1.82, 2.24) is 0 Å². The number of aryl methyl sites for hydroxylation is 1. The van der Waals surface area contributed by atoms with Crippen LogP contribution in [0.1, 0.15) is 15.9 Å². The zero-order valence-corrected chi connectivity index (χ0v) is 11.5. The summed E-state index contributed by atoms with van der Waals surface area (Å²) in [6.45, 7) is 1.89. The van der Waals surface area contributed by atoms with Crippen LogP contribution in [0.5, 0.6) is 0 Å². The van der Waals surface area contributed by atoms with Crippen LogP contribution >= 0.6 is 11.6 Å². The van der Waals surface area contributed by atoms with E-state index >= 15 is 0 Å². The first kappa shape index (κ1) is 14.1. The fraction of sp³-hybridized carbons (Fsp3) is 0.0714. The molecule has 0 saturated carbocycles. The van der Waals surface area contributed by atoms with Gasteiger partial charge in [0.25, 0.3) is 5.91 Å². The number of amides is 1. The highest BCUT2D eigenvalue weighted by Gasteiger charge is 2.13. The van der Waals surface area contributed by atoms with Gasteiger partial charge in [0, 0.05) is 5.69 Å². The van der Waals surface area contributed by atoms with Gasteiger partial charge in [-0.3, -0.25) is 4.79 Å². The minimum Gasteiger partial charge on any atom is -0.398 e. The topological polar surface area (TPSA) is 81.1 Å². The molecular formula is C14H13ClFN3O.